The Morgan fingerprint density at radius 3 is 2.27 bits per heavy atom. The summed E-state index contributed by atoms with van der Waals surface area (Å²) in [5, 5.41) is 13.8. The van der Waals surface area contributed by atoms with E-state index < -0.39 is 5.56 Å². The minimum atomic E-state index is -0.401. The number of nitrogens with one attached hydrogen (secondary N) is 1. The highest BCUT2D eigenvalue weighted by Crippen LogP contribution is 2.40. The third kappa shape index (κ3) is 5.66. The molecule has 144 valence electrons. The lowest BCUT2D eigenvalue weighted by atomic mass is 9.78. The highest BCUT2D eigenvalue weighted by molar-refractivity contribution is 5.92. The number of hydrogen-bond donors (Lipinski definition) is 3. The van der Waals surface area contributed by atoms with Crippen LogP contribution >= 0.6 is 0 Å². The number of hydrogen-bond acceptors (Lipinski definition) is 6. The largest absolute Gasteiger partial charge is 0.483 e. The summed E-state index contributed by atoms with van der Waals surface area (Å²) in [5.74, 6) is -0.234. The first kappa shape index (κ1) is 21.3. The summed E-state index contributed by atoms with van der Waals surface area (Å²) in [7, 11) is 2.14. The van der Waals surface area contributed by atoms with Crippen LogP contribution in [0, 0.1) is 5.41 Å². The van der Waals surface area contributed by atoms with Gasteiger partial charge in [-0.3, -0.25) is 19.2 Å². The molecule has 2 fully saturated rings. The second-order valence-electron chi connectivity index (χ2n) is 6.26. The van der Waals surface area contributed by atoms with Crippen molar-refractivity contribution in [1.82, 2.24) is 19.8 Å². The maximum absolute atomic E-state index is 12.4. The number of nitrogens with zero attached hydrogens (tertiary/aromatic N) is 3. The smallest absolute Gasteiger partial charge is 0.290 e. The van der Waals surface area contributed by atoms with E-state index in [1.165, 1.54) is 12.4 Å². The van der Waals surface area contributed by atoms with E-state index >= 15 is 0 Å². The molecule has 0 atom stereocenters. The van der Waals surface area contributed by atoms with Crippen LogP contribution in [0.3, 0.4) is 0 Å². The molecule has 0 aliphatic carbocycles. The second-order valence-corrected chi connectivity index (χ2v) is 6.26. The van der Waals surface area contributed by atoms with Crippen molar-refractivity contribution >= 4 is 18.9 Å². The molecule has 3 rings (SSSR count). The topological polar surface area (TPSA) is 144 Å². The van der Waals surface area contributed by atoms with Crippen LogP contribution in [0.2, 0.25) is 0 Å². The van der Waals surface area contributed by atoms with Gasteiger partial charge in [0, 0.05) is 25.5 Å². The molecule has 2 aliphatic heterocycles. The maximum Gasteiger partial charge on any atom is 0.290 e. The van der Waals surface area contributed by atoms with E-state index in [9.17, 15) is 9.59 Å². The van der Waals surface area contributed by atoms with Crippen molar-refractivity contribution < 1.29 is 24.6 Å². The standard InChI is InChI=1S/C14H20N4O2.2CH2O2/c1-17-7-2-14(3-8-17)4-9-18(10-14)13(20)11-12(19)16-6-5-15-11;2*2-1-3/h5-6H,2-4,7-10H2,1H3,(H,16,19);2*1H,(H,2,3). The minimum absolute atomic E-state index is 0.0116. The van der Waals surface area contributed by atoms with Gasteiger partial charge < -0.3 is 25.0 Å². The molecule has 0 unspecified atom stereocenters. The number of aromatic amines is 1. The normalized spacial score (nSPS) is 18.1. The number of piperidine rings is 1. The van der Waals surface area contributed by atoms with Crippen LogP contribution < -0.4 is 5.56 Å². The Hall–Kier alpha value is -2.75. The maximum atomic E-state index is 12.4. The summed E-state index contributed by atoms with van der Waals surface area (Å²) in [6, 6.07) is 0. The molecule has 10 heteroatoms. The van der Waals surface area contributed by atoms with E-state index in [1.54, 1.807) is 4.90 Å². The molecule has 1 spiro atoms. The van der Waals surface area contributed by atoms with Crippen LogP contribution in [0.15, 0.2) is 17.2 Å². The van der Waals surface area contributed by atoms with Crippen molar-refractivity contribution in [2.75, 3.05) is 33.2 Å². The molecule has 0 saturated carbocycles. The molecule has 2 aliphatic rings. The lowest BCUT2D eigenvalue weighted by molar-refractivity contribution is -0.123. The molecule has 2 saturated heterocycles. The van der Waals surface area contributed by atoms with Gasteiger partial charge in [0.15, 0.2) is 5.69 Å². The second kappa shape index (κ2) is 10.3. The lowest BCUT2D eigenvalue weighted by Crippen LogP contribution is -2.41. The van der Waals surface area contributed by atoms with Gasteiger partial charge in [0.05, 0.1) is 0 Å². The number of carbonyl (C=O) groups is 3. The fraction of sp³-hybridized carbons (Fsp3) is 0.562. The van der Waals surface area contributed by atoms with Crippen LogP contribution in [0.5, 0.6) is 0 Å². The lowest BCUT2D eigenvalue weighted by Gasteiger charge is -2.37. The number of likely N-dealkylation sites (tertiary alicyclic amines) is 2. The highest BCUT2D eigenvalue weighted by Gasteiger charge is 2.42. The van der Waals surface area contributed by atoms with Gasteiger partial charge in [-0.05, 0) is 44.8 Å². The predicted molar refractivity (Wildman–Crippen MR) is 91.9 cm³/mol. The average Bonchev–Trinajstić information content (AvgIpc) is 3.03. The zero-order valence-corrected chi connectivity index (χ0v) is 14.6. The molecule has 3 N–H and O–H groups in total. The number of amides is 1. The molecule has 1 aromatic rings. The zero-order chi connectivity index (χ0) is 19.6. The number of carbonyl (C=O) groups excluding carboxylic acids is 1. The third-order valence-corrected chi connectivity index (χ3v) is 4.68. The molecule has 0 bridgehead atoms. The van der Waals surface area contributed by atoms with E-state index in [-0.39, 0.29) is 30.0 Å². The van der Waals surface area contributed by atoms with Crippen LogP contribution in [0.25, 0.3) is 0 Å². The molecule has 3 heterocycles. The number of rotatable bonds is 1. The van der Waals surface area contributed by atoms with Gasteiger partial charge in [-0.1, -0.05) is 0 Å². The molecular formula is C16H24N4O6. The molecule has 1 amide bonds. The molecular weight excluding hydrogens is 344 g/mol. The van der Waals surface area contributed by atoms with Crippen molar-refractivity contribution in [2.45, 2.75) is 19.3 Å². The van der Waals surface area contributed by atoms with Crippen molar-refractivity contribution in [1.29, 1.82) is 0 Å². The molecule has 26 heavy (non-hydrogen) atoms. The minimum Gasteiger partial charge on any atom is -0.483 e. The first-order valence-electron chi connectivity index (χ1n) is 8.10. The van der Waals surface area contributed by atoms with Crippen LogP contribution in [-0.2, 0) is 9.59 Å². The Balaban J connectivity index is 0.000000499. The zero-order valence-electron chi connectivity index (χ0n) is 14.6. The summed E-state index contributed by atoms with van der Waals surface area (Å²) >= 11 is 0. The molecule has 0 radical (unpaired) electrons. The van der Waals surface area contributed by atoms with Gasteiger partial charge in [-0.15, -0.1) is 0 Å². The van der Waals surface area contributed by atoms with E-state index in [2.05, 4.69) is 21.9 Å². The molecule has 0 aromatic carbocycles. The van der Waals surface area contributed by atoms with Crippen LogP contribution in [-0.4, -0.2) is 82.1 Å². The Morgan fingerprint density at radius 2 is 1.73 bits per heavy atom. The highest BCUT2D eigenvalue weighted by atomic mass is 16.3. The van der Waals surface area contributed by atoms with Crippen molar-refractivity contribution in [3.63, 3.8) is 0 Å². The summed E-state index contributed by atoms with van der Waals surface area (Å²) in [6.45, 7) is 3.17. The van der Waals surface area contributed by atoms with E-state index in [0.29, 0.717) is 0 Å². The Labute approximate surface area is 150 Å². The monoisotopic (exact) mass is 368 g/mol. The summed E-state index contributed by atoms with van der Waals surface area (Å²) < 4.78 is 0. The van der Waals surface area contributed by atoms with Gasteiger partial charge in [0.2, 0.25) is 0 Å². The summed E-state index contributed by atoms with van der Waals surface area (Å²) in [5.41, 5.74) is -0.136. The van der Waals surface area contributed by atoms with Gasteiger partial charge in [-0.25, -0.2) is 4.98 Å². The van der Waals surface area contributed by atoms with Crippen molar-refractivity contribution in [2.24, 2.45) is 5.41 Å². The van der Waals surface area contributed by atoms with E-state index in [1.807, 2.05) is 0 Å². The number of aromatic nitrogens is 2. The summed E-state index contributed by atoms with van der Waals surface area (Å²) in [4.78, 5) is 51.3. The van der Waals surface area contributed by atoms with Crippen molar-refractivity contribution in [3.05, 3.63) is 28.4 Å². The Morgan fingerprint density at radius 1 is 1.19 bits per heavy atom. The van der Waals surface area contributed by atoms with Gasteiger partial charge >= 0.3 is 0 Å². The first-order chi connectivity index (χ1) is 12.4. The third-order valence-electron chi connectivity index (χ3n) is 4.68. The summed E-state index contributed by atoms with van der Waals surface area (Å²) in [6.07, 6.45) is 6.20. The average molecular weight is 368 g/mol. The Bertz CT molecular complexity index is 648. The van der Waals surface area contributed by atoms with E-state index in [4.69, 9.17) is 19.8 Å². The molecule has 10 nitrogen and oxygen atoms in total. The van der Waals surface area contributed by atoms with Gasteiger partial charge in [-0.2, -0.15) is 0 Å². The van der Waals surface area contributed by atoms with Gasteiger partial charge in [0.25, 0.3) is 24.4 Å². The number of H-pyrrole nitrogens is 1. The van der Waals surface area contributed by atoms with Crippen molar-refractivity contribution in [3.8, 4) is 0 Å². The van der Waals surface area contributed by atoms with Crippen LogP contribution in [0.1, 0.15) is 29.8 Å². The quantitative estimate of drug-likeness (QED) is 0.575. The SMILES string of the molecule is CN1CCC2(CC1)CCN(C(=O)c1ncc[nH]c1=O)C2.O=CO.O=CO. The van der Waals surface area contributed by atoms with E-state index in [0.717, 1.165) is 45.4 Å². The van der Waals surface area contributed by atoms with Gasteiger partial charge in [0.1, 0.15) is 0 Å². The predicted octanol–water partition coefficient (Wildman–Crippen LogP) is -0.271. The fourth-order valence-corrected chi connectivity index (χ4v) is 3.26. The fourth-order valence-electron chi connectivity index (χ4n) is 3.26. The van der Waals surface area contributed by atoms with Crippen LogP contribution in [0.4, 0.5) is 0 Å². The number of carboxylic acid groups (broad SMARTS) is 2. The first-order valence-corrected chi connectivity index (χ1v) is 8.10. The Kier molecular flexibility index (Phi) is 8.43. The molecule has 1 aromatic heterocycles.